The summed E-state index contributed by atoms with van der Waals surface area (Å²) >= 11 is 0. The molecule has 1 aliphatic rings. The number of aliphatic carboxylic acids is 1. The lowest BCUT2D eigenvalue weighted by molar-refractivity contribution is -0.138. The first-order valence-corrected chi connectivity index (χ1v) is 8.64. The summed E-state index contributed by atoms with van der Waals surface area (Å²) in [7, 11) is -3.69. The fourth-order valence-corrected chi connectivity index (χ4v) is 4.35. The number of carboxylic acid groups (broad SMARTS) is 1. The Bertz CT molecular complexity index is 601. The third kappa shape index (κ3) is 4.04. The van der Waals surface area contributed by atoms with E-state index in [1.807, 2.05) is 6.92 Å². The molecule has 0 spiro atoms. The minimum atomic E-state index is -3.69. The van der Waals surface area contributed by atoms with Crippen LogP contribution in [-0.4, -0.2) is 25.0 Å². The zero-order chi connectivity index (χ0) is 15.5. The highest BCUT2D eigenvalue weighted by Crippen LogP contribution is 2.32. The largest absolute Gasteiger partial charge is 0.481 e. The summed E-state index contributed by atoms with van der Waals surface area (Å²) in [6.45, 7) is 1.89. The fraction of sp³-hybridized carbons (Fsp3) is 0.533. The van der Waals surface area contributed by atoms with Gasteiger partial charge in [-0.25, -0.2) is 13.1 Å². The van der Waals surface area contributed by atoms with Gasteiger partial charge in [-0.2, -0.15) is 0 Å². The molecule has 1 aromatic rings. The lowest BCUT2D eigenvalue weighted by atomic mass is 9.80. The van der Waals surface area contributed by atoms with Crippen LogP contribution < -0.4 is 4.72 Å². The Balaban J connectivity index is 2.26. The zero-order valence-corrected chi connectivity index (χ0v) is 12.9. The van der Waals surface area contributed by atoms with Crippen molar-refractivity contribution in [2.75, 3.05) is 0 Å². The van der Waals surface area contributed by atoms with E-state index in [0.717, 1.165) is 24.8 Å². The highest BCUT2D eigenvalue weighted by molar-refractivity contribution is 7.89. The summed E-state index contributed by atoms with van der Waals surface area (Å²) in [5.41, 5.74) is 0.125. The molecule has 0 atom stereocenters. The third-order valence-electron chi connectivity index (χ3n) is 3.98. The van der Waals surface area contributed by atoms with Crippen LogP contribution in [0.4, 0.5) is 0 Å². The average Bonchev–Trinajstić information content (AvgIpc) is 2.38. The summed E-state index contributed by atoms with van der Waals surface area (Å²) in [5.74, 6) is -0.969. The molecule has 116 valence electrons. The van der Waals surface area contributed by atoms with Crippen LogP contribution in [0.1, 0.15) is 44.1 Å². The van der Waals surface area contributed by atoms with E-state index in [0.29, 0.717) is 12.8 Å². The van der Waals surface area contributed by atoms with Crippen LogP contribution in [-0.2, 0) is 14.8 Å². The SMILES string of the molecule is Cc1ccc(S(=O)(=O)NC2(CC(=O)O)CCCCC2)cc1. The minimum absolute atomic E-state index is 0.169. The highest BCUT2D eigenvalue weighted by Gasteiger charge is 2.38. The second-order valence-electron chi connectivity index (χ2n) is 5.83. The lowest BCUT2D eigenvalue weighted by Gasteiger charge is -2.36. The number of rotatable bonds is 5. The Morgan fingerprint density at radius 2 is 1.76 bits per heavy atom. The molecule has 6 heteroatoms. The normalized spacial score (nSPS) is 18.3. The molecule has 2 rings (SSSR count). The topological polar surface area (TPSA) is 83.5 Å². The smallest absolute Gasteiger partial charge is 0.305 e. The Hall–Kier alpha value is -1.40. The van der Waals surface area contributed by atoms with E-state index in [9.17, 15) is 13.2 Å². The fourth-order valence-electron chi connectivity index (χ4n) is 2.89. The van der Waals surface area contributed by atoms with Gasteiger partial charge in [-0.1, -0.05) is 37.0 Å². The number of benzene rings is 1. The van der Waals surface area contributed by atoms with Crippen molar-refractivity contribution < 1.29 is 18.3 Å². The van der Waals surface area contributed by atoms with Crippen LogP contribution in [0.2, 0.25) is 0 Å². The van der Waals surface area contributed by atoms with E-state index >= 15 is 0 Å². The van der Waals surface area contributed by atoms with Crippen LogP contribution in [0.5, 0.6) is 0 Å². The maximum Gasteiger partial charge on any atom is 0.305 e. The van der Waals surface area contributed by atoms with Crippen molar-refractivity contribution in [1.82, 2.24) is 4.72 Å². The molecular formula is C15H21NO4S. The van der Waals surface area contributed by atoms with E-state index in [1.165, 1.54) is 0 Å². The van der Waals surface area contributed by atoms with Gasteiger partial charge in [-0.05, 0) is 31.9 Å². The van der Waals surface area contributed by atoms with Crippen LogP contribution in [0.25, 0.3) is 0 Å². The minimum Gasteiger partial charge on any atom is -0.481 e. The zero-order valence-electron chi connectivity index (χ0n) is 12.1. The number of aryl methyl sites for hydroxylation is 1. The molecular weight excluding hydrogens is 290 g/mol. The van der Waals surface area contributed by atoms with Crippen molar-refractivity contribution in [2.45, 2.75) is 55.9 Å². The first kappa shape index (κ1) is 16.0. The number of sulfonamides is 1. The first-order chi connectivity index (χ1) is 9.83. The molecule has 21 heavy (non-hydrogen) atoms. The molecule has 0 radical (unpaired) electrons. The lowest BCUT2D eigenvalue weighted by Crippen LogP contribution is -2.50. The van der Waals surface area contributed by atoms with Gasteiger partial charge in [0.15, 0.2) is 0 Å². The van der Waals surface area contributed by atoms with Gasteiger partial charge in [0.05, 0.1) is 11.3 Å². The second kappa shape index (κ2) is 6.15. The number of nitrogens with one attached hydrogen (secondary N) is 1. The van der Waals surface area contributed by atoms with Gasteiger partial charge < -0.3 is 5.11 Å². The molecule has 0 amide bonds. The van der Waals surface area contributed by atoms with Crippen molar-refractivity contribution in [2.24, 2.45) is 0 Å². The molecule has 1 saturated carbocycles. The molecule has 1 fully saturated rings. The van der Waals surface area contributed by atoms with Crippen molar-refractivity contribution in [1.29, 1.82) is 0 Å². The quantitative estimate of drug-likeness (QED) is 0.875. The Labute approximate surface area is 125 Å². The predicted octanol–water partition coefficient (Wildman–Crippen LogP) is 2.45. The summed E-state index contributed by atoms with van der Waals surface area (Å²) in [4.78, 5) is 11.3. The first-order valence-electron chi connectivity index (χ1n) is 7.15. The predicted molar refractivity (Wildman–Crippen MR) is 79.6 cm³/mol. The monoisotopic (exact) mass is 311 g/mol. The van der Waals surface area contributed by atoms with Crippen LogP contribution in [0.15, 0.2) is 29.2 Å². The number of carboxylic acids is 1. The van der Waals surface area contributed by atoms with Crippen LogP contribution in [0, 0.1) is 6.92 Å². The molecule has 0 aliphatic heterocycles. The Morgan fingerprint density at radius 3 is 2.29 bits per heavy atom. The molecule has 1 aromatic carbocycles. The maximum absolute atomic E-state index is 12.5. The number of hydrogen-bond acceptors (Lipinski definition) is 3. The van der Waals surface area contributed by atoms with Gasteiger partial charge in [0, 0.05) is 5.54 Å². The van der Waals surface area contributed by atoms with E-state index in [4.69, 9.17) is 5.11 Å². The van der Waals surface area contributed by atoms with Crippen molar-refractivity contribution >= 4 is 16.0 Å². The van der Waals surface area contributed by atoms with Crippen LogP contribution >= 0.6 is 0 Å². The van der Waals surface area contributed by atoms with Crippen molar-refractivity contribution in [3.8, 4) is 0 Å². The summed E-state index contributed by atoms with van der Waals surface area (Å²) < 4.78 is 27.7. The molecule has 0 heterocycles. The number of hydrogen-bond donors (Lipinski definition) is 2. The van der Waals surface area contributed by atoms with Gasteiger partial charge in [-0.3, -0.25) is 4.79 Å². The molecule has 1 aliphatic carbocycles. The van der Waals surface area contributed by atoms with E-state index in [-0.39, 0.29) is 11.3 Å². The maximum atomic E-state index is 12.5. The van der Waals surface area contributed by atoms with Gasteiger partial charge in [-0.15, -0.1) is 0 Å². The molecule has 2 N–H and O–H groups in total. The van der Waals surface area contributed by atoms with E-state index < -0.39 is 21.5 Å². The molecule has 5 nitrogen and oxygen atoms in total. The second-order valence-corrected chi connectivity index (χ2v) is 7.51. The standard InChI is InChI=1S/C15H21NO4S/c1-12-5-7-13(8-6-12)21(19,20)16-15(11-14(17)18)9-3-2-4-10-15/h5-8,16H,2-4,9-11H2,1H3,(H,17,18). The summed E-state index contributed by atoms with van der Waals surface area (Å²) in [5, 5.41) is 9.10. The molecule has 0 unspecified atom stereocenters. The molecule has 0 saturated heterocycles. The van der Waals surface area contributed by atoms with E-state index in [1.54, 1.807) is 24.3 Å². The van der Waals surface area contributed by atoms with Gasteiger partial charge >= 0.3 is 5.97 Å². The summed E-state index contributed by atoms with van der Waals surface area (Å²) in [6, 6.07) is 6.57. The van der Waals surface area contributed by atoms with E-state index in [2.05, 4.69) is 4.72 Å². The number of carbonyl (C=O) groups is 1. The highest BCUT2D eigenvalue weighted by atomic mass is 32.2. The van der Waals surface area contributed by atoms with Crippen LogP contribution in [0.3, 0.4) is 0 Å². The third-order valence-corrected chi connectivity index (χ3v) is 5.58. The van der Waals surface area contributed by atoms with Gasteiger partial charge in [0.2, 0.25) is 10.0 Å². The van der Waals surface area contributed by atoms with Gasteiger partial charge in [0.1, 0.15) is 0 Å². The Morgan fingerprint density at radius 1 is 1.19 bits per heavy atom. The summed E-state index contributed by atoms with van der Waals surface area (Å²) in [6.07, 6.45) is 3.70. The molecule has 0 aromatic heterocycles. The molecule has 0 bridgehead atoms. The van der Waals surface area contributed by atoms with Crippen molar-refractivity contribution in [3.63, 3.8) is 0 Å². The van der Waals surface area contributed by atoms with Gasteiger partial charge in [0.25, 0.3) is 0 Å². The average molecular weight is 311 g/mol. The van der Waals surface area contributed by atoms with Crippen molar-refractivity contribution in [3.05, 3.63) is 29.8 Å². The Kier molecular flexibility index (Phi) is 4.68.